The van der Waals surface area contributed by atoms with Crippen molar-refractivity contribution in [3.05, 3.63) is 29.7 Å². The Hall–Kier alpha value is -2.15. The highest BCUT2D eigenvalue weighted by atomic mass is 35.5. The Morgan fingerprint density at radius 1 is 1.00 bits per heavy atom. The lowest BCUT2D eigenvalue weighted by Gasteiger charge is -2.11. The van der Waals surface area contributed by atoms with Gasteiger partial charge in [-0.05, 0) is 25.0 Å². The van der Waals surface area contributed by atoms with Gasteiger partial charge >= 0.3 is 0 Å². The van der Waals surface area contributed by atoms with E-state index in [-0.39, 0.29) is 5.95 Å². The van der Waals surface area contributed by atoms with Crippen molar-refractivity contribution in [3.63, 3.8) is 0 Å². The zero-order chi connectivity index (χ0) is 15.1. The highest BCUT2D eigenvalue weighted by molar-refractivity contribution is 6.29. The molecule has 1 aliphatic carbocycles. The van der Waals surface area contributed by atoms with E-state index in [2.05, 4.69) is 25.3 Å². The van der Waals surface area contributed by atoms with Crippen LogP contribution in [0.4, 0.5) is 17.7 Å². The third kappa shape index (κ3) is 5.39. The summed E-state index contributed by atoms with van der Waals surface area (Å²) < 4.78 is 0. The van der Waals surface area contributed by atoms with Crippen LogP contribution in [0.3, 0.4) is 0 Å². The molecule has 2 heterocycles. The van der Waals surface area contributed by atoms with E-state index in [0.717, 1.165) is 5.82 Å². The topological polar surface area (TPSA) is 116 Å². The van der Waals surface area contributed by atoms with Crippen LogP contribution in [-0.2, 0) is 0 Å². The smallest absolute Gasteiger partial charge is 0.221 e. The molecule has 112 valence electrons. The normalized spacial score (nSPS) is 14.3. The number of nitrogens with one attached hydrogen (secondary N) is 1. The Morgan fingerprint density at radius 3 is 2.14 bits per heavy atom. The van der Waals surface area contributed by atoms with Crippen molar-refractivity contribution < 1.29 is 0 Å². The summed E-state index contributed by atoms with van der Waals surface area (Å²) in [5.74, 6) is 1.39. The van der Waals surface area contributed by atoms with Gasteiger partial charge < -0.3 is 16.8 Å². The Bertz CT molecular complexity index is 555. The van der Waals surface area contributed by atoms with E-state index in [1.807, 2.05) is 6.07 Å². The summed E-state index contributed by atoms with van der Waals surface area (Å²) in [6.45, 7) is 0. The number of nitrogen functional groups attached to an aromatic ring is 2. The summed E-state index contributed by atoms with van der Waals surface area (Å²) in [5.41, 5.74) is 10.6. The Labute approximate surface area is 128 Å². The van der Waals surface area contributed by atoms with Crippen LogP contribution >= 0.6 is 11.6 Å². The summed E-state index contributed by atoms with van der Waals surface area (Å²) in [6, 6.07) is 4.00. The minimum absolute atomic E-state index is 0.206. The van der Waals surface area contributed by atoms with Crippen molar-refractivity contribution in [3.8, 4) is 0 Å². The minimum atomic E-state index is 0.206. The Kier molecular flexibility index (Phi) is 5.51. The lowest BCUT2D eigenvalue weighted by Crippen LogP contribution is -2.15. The number of aromatic nitrogens is 4. The maximum absolute atomic E-state index is 5.47. The lowest BCUT2D eigenvalue weighted by atomic mass is 10.2. The van der Waals surface area contributed by atoms with Gasteiger partial charge in [0.2, 0.25) is 11.9 Å². The standard InChI is InChI=1S/C9H14N4.C4H4ClN3/c10-9-11-6-5-8(13-9)12-7-3-1-2-4-7;5-3-1-2-7-4(6)8-3/h5-7H,1-4H2,(H3,10,11,12,13);1-2H,(H2,6,7,8). The molecule has 21 heavy (non-hydrogen) atoms. The number of anilines is 3. The van der Waals surface area contributed by atoms with Crippen LogP contribution in [0, 0.1) is 0 Å². The van der Waals surface area contributed by atoms with Crippen molar-refractivity contribution >= 4 is 29.3 Å². The first kappa shape index (κ1) is 15.2. The molecular formula is C13H18ClN7. The molecule has 0 aromatic carbocycles. The first-order valence-electron chi connectivity index (χ1n) is 6.72. The largest absolute Gasteiger partial charge is 0.368 e. The van der Waals surface area contributed by atoms with Gasteiger partial charge in [-0.3, -0.25) is 0 Å². The van der Waals surface area contributed by atoms with Crippen LogP contribution < -0.4 is 16.8 Å². The molecular weight excluding hydrogens is 290 g/mol. The predicted octanol–water partition coefficient (Wildman–Crippen LogP) is 2.13. The minimum Gasteiger partial charge on any atom is -0.368 e. The van der Waals surface area contributed by atoms with Crippen molar-refractivity contribution in [1.29, 1.82) is 0 Å². The molecule has 1 saturated carbocycles. The molecule has 0 amide bonds. The van der Waals surface area contributed by atoms with Crippen LogP contribution in [0.5, 0.6) is 0 Å². The summed E-state index contributed by atoms with van der Waals surface area (Å²) in [7, 11) is 0. The zero-order valence-corrected chi connectivity index (χ0v) is 12.3. The summed E-state index contributed by atoms with van der Waals surface area (Å²) >= 11 is 5.41. The molecule has 8 heteroatoms. The highest BCUT2D eigenvalue weighted by Gasteiger charge is 2.14. The van der Waals surface area contributed by atoms with Crippen molar-refractivity contribution in [2.45, 2.75) is 31.7 Å². The predicted molar refractivity (Wildman–Crippen MR) is 83.8 cm³/mol. The molecule has 0 bridgehead atoms. The fourth-order valence-electron chi connectivity index (χ4n) is 2.08. The molecule has 7 nitrogen and oxygen atoms in total. The quantitative estimate of drug-likeness (QED) is 0.728. The molecule has 5 N–H and O–H groups in total. The number of hydrogen-bond donors (Lipinski definition) is 3. The SMILES string of the molecule is Nc1nccc(Cl)n1.Nc1nccc(NC2CCCC2)n1. The second-order valence-corrected chi connectivity index (χ2v) is 5.05. The second kappa shape index (κ2) is 7.58. The molecule has 0 aliphatic heterocycles. The molecule has 0 spiro atoms. The number of nitrogens with zero attached hydrogens (tertiary/aromatic N) is 4. The number of halogens is 1. The molecule has 0 radical (unpaired) electrons. The molecule has 3 rings (SSSR count). The van der Waals surface area contributed by atoms with E-state index in [4.69, 9.17) is 23.1 Å². The van der Waals surface area contributed by atoms with Crippen molar-refractivity contribution in [2.24, 2.45) is 0 Å². The average Bonchev–Trinajstić information content (AvgIpc) is 2.92. The lowest BCUT2D eigenvalue weighted by molar-refractivity contribution is 0.750. The zero-order valence-electron chi connectivity index (χ0n) is 11.5. The average molecular weight is 308 g/mol. The van der Waals surface area contributed by atoms with E-state index in [1.54, 1.807) is 12.3 Å². The number of hydrogen-bond acceptors (Lipinski definition) is 7. The van der Waals surface area contributed by atoms with Crippen LogP contribution in [0.15, 0.2) is 24.5 Å². The fourth-order valence-corrected chi connectivity index (χ4v) is 2.23. The van der Waals surface area contributed by atoms with E-state index < -0.39 is 0 Å². The van der Waals surface area contributed by atoms with Gasteiger partial charge in [0.05, 0.1) is 0 Å². The van der Waals surface area contributed by atoms with Gasteiger partial charge in [0.25, 0.3) is 0 Å². The molecule has 1 fully saturated rings. The molecule has 2 aromatic rings. The molecule has 1 aliphatic rings. The van der Waals surface area contributed by atoms with Gasteiger partial charge in [-0.1, -0.05) is 24.4 Å². The third-order valence-corrected chi connectivity index (χ3v) is 3.23. The first-order valence-corrected chi connectivity index (χ1v) is 7.10. The van der Waals surface area contributed by atoms with Gasteiger partial charge in [-0.2, -0.15) is 4.98 Å². The van der Waals surface area contributed by atoms with Gasteiger partial charge in [0, 0.05) is 18.4 Å². The summed E-state index contributed by atoms with van der Waals surface area (Å²) in [4.78, 5) is 15.2. The van der Waals surface area contributed by atoms with Gasteiger partial charge in [-0.15, -0.1) is 0 Å². The highest BCUT2D eigenvalue weighted by Crippen LogP contribution is 2.21. The van der Waals surface area contributed by atoms with E-state index in [0.29, 0.717) is 17.1 Å². The summed E-state index contributed by atoms with van der Waals surface area (Å²) in [6.07, 6.45) is 8.30. The molecule has 0 atom stereocenters. The van der Waals surface area contributed by atoms with E-state index in [9.17, 15) is 0 Å². The monoisotopic (exact) mass is 307 g/mol. The van der Waals surface area contributed by atoms with Crippen LogP contribution in [0.25, 0.3) is 0 Å². The first-order chi connectivity index (χ1) is 10.1. The molecule has 0 unspecified atom stereocenters. The van der Waals surface area contributed by atoms with Crippen molar-refractivity contribution in [1.82, 2.24) is 19.9 Å². The van der Waals surface area contributed by atoms with Crippen LogP contribution in [0.2, 0.25) is 5.15 Å². The van der Waals surface area contributed by atoms with Gasteiger partial charge in [0.15, 0.2) is 0 Å². The second-order valence-electron chi connectivity index (χ2n) is 4.66. The molecule has 0 saturated heterocycles. The van der Waals surface area contributed by atoms with Crippen LogP contribution in [-0.4, -0.2) is 26.0 Å². The van der Waals surface area contributed by atoms with E-state index in [1.165, 1.54) is 31.9 Å². The summed E-state index contributed by atoms with van der Waals surface area (Å²) in [5, 5.41) is 3.72. The number of rotatable bonds is 2. The van der Waals surface area contributed by atoms with Crippen LogP contribution in [0.1, 0.15) is 25.7 Å². The van der Waals surface area contributed by atoms with Gasteiger partial charge in [0.1, 0.15) is 11.0 Å². The maximum Gasteiger partial charge on any atom is 0.221 e. The fraction of sp³-hybridized carbons (Fsp3) is 0.385. The Balaban J connectivity index is 0.000000173. The maximum atomic E-state index is 5.47. The molecule has 2 aromatic heterocycles. The Morgan fingerprint density at radius 2 is 1.62 bits per heavy atom. The van der Waals surface area contributed by atoms with Gasteiger partial charge in [-0.25, -0.2) is 15.0 Å². The number of nitrogens with two attached hydrogens (primary N) is 2. The third-order valence-electron chi connectivity index (χ3n) is 3.02. The van der Waals surface area contributed by atoms with E-state index >= 15 is 0 Å². The van der Waals surface area contributed by atoms with Crippen molar-refractivity contribution in [2.75, 3.05) is 16.8 Å².